The van der Waals surface area contributed by atoms with Gasteiger partial charge in [-0.1, -0.05) is 6.42 Å². The molecule has 1 saturated heterocycles. The number of carbonyl (C=O) groups excluding carboxylic acids is 1. The predicted octanol–water partition coefficient (Wildman–Crippen LogP) is 3.18. The van der Waals surface area contributed by atoms with Crippen molar-refractivity contribution in [3.63, 3.8) is 0 Å². The molecule has 136 valence electrons. The van der Waals surface area contributed by atoms with Crippen LogP contribution >= 0.6 is 11.8 Å². The van der Waals surface area contributed by atoms with Gasteiger partial charge in [-0.3, -0.25) is 0 Å². The van der Waals surface area contributed by atoms with Gasteiger partial charge < -0.3 is 20.1 Å². The van der Waals surface area contributed by atoms with Crippen LogP contribution in [0.25, 0.3) is 0 Å². The van der Waals surface area contributed by atoms with Crippen molar-refractivity contribution in [3.8, 4) is 0 Å². The molecule has 1 heterocycles. The Labute approximate surface area is 145 Å². The largest absolute Gasteiger partial charge is 0.444 e. The van der Waals surface area contributed by atoms with Crippen LogP contribution in [0.2, 0.25) is 0 Å². The van der Waals surface area contributed by atoms with Crippen molar-refractivity contribution in [1.82, 2.24) is 10.6 Å². The van der Waals surface area contributed by atoms with E-state index in [2.05, 4.69) is 22.4 Å². The highest BCUT2D eigenvalue weighted by atomic mass is 32.2. The van der Waals surface area contributed by atoms with Gasteiger partial charge >= 0.3 is 6.09 Å². The summed E-state index contributed by atoms with van der Waals surface area (Å²) in [5, 5.41) is 7.17. The highest BCUT2D eigenvalue weighted by Crippen LogP contribution is 2.24. The Hall–Kier alpha value is -0.460. The van der Waals surface area contributed by atoms with Gasteiger partial charge in [0, 0.05) is 31.5 Å². The zero-order chi connectivity index (χ0) is 17.1. The summed E-state index contributed by atoms with van der Waals surface area (Å²) < 4.78 is 10.5. The summed E-state index contributed by atoms with van der Waals surface area (Å²) in [6.45, 7) is 8.01. The van der Waals surface area contributed by atoms with E-state index in [9.17, 15) is 4.79 Å². The fourth-order valence-electron chi connectivity index (χ4n) is 2.57. The number of hydrogen-bond acceptors (Lipinski definition) is 5. The minimum absolute atomic E-state index is 0.340. The minimum atomic E-state index is -0.443. The van der Waals surface area contributed by atoms with Crippen LogP contribution in [0.15, 0.2) is 0 Å². The molecular formula is C17H34N2O3S. The molecule has 5 nitrogen and oxygen atoms in total. The summed E-state index contributed by atoms with van der Waals surface area (Å²) in [4.78, 5) is 11.6. The van der Waals surface area contributed by atoms with Gasteiger partial charge in [0.15, 0.2) is 0 Å². The van der Waals surface area contributed by atoms with Crippen molar-refractivity contribution in [1.29, 1.82) is 0 Å². The van der Waals surface area contributed by atoms with Crippen LogP contribution in [0.4, 0.5) is 4.79 Å². The van der Waals surface area contributed by atoms with Crippen molar-refractivity contribution >= 4 is 17.9 Å². The van der Waals surface area contributed by atoms with Crippen LogP contribution in [-0.4, -0.2) is 55.5 Å². The zero-order valence-corrected chi connectivity index (χ0v) is 16.0. The number of alkyl carbamates (subject to hydrolysis) is 1. The molecule has 1 aliphatic rings. The van der Waals surface area contributed by atoms with E-state index in [1.54, 1.807) is 7.11 Å². The highest BCUT2D eigenvalue weighted by Gasteiger charge is 2.17. The highest BCUT2D eigenvalue weighted by molar-refractivity contribution is 7.99. The Bertz CT molecular complexity index is 328. The maximum atomic E-state index is 11.6. The summed E-state index contributed by atoms with van der Waals surface area (Å²) in [7, 11) is 1.74. The first-order valence-corrected chi connectivity index (χ1v) is 9.76. The van der Waals surface area contributed by atoms with E-state index in [4.69, 9.17) is 9.47 Å². The molecule has 2 atom stereocenters. The van der Waals surface area contributed by atoms with Gasteiger partial charge in [0.05, 0.1) is 6.61 Å². The van der Waals surface area contributed by atoms with Gasteiger partial charge in [-0.05, 0) is 52.2 Å². The average Bonchev–Trinajstić information content (AvgIpc) is 2.48. The normalized spacial score (nSPS) is 20.1. The molecule has 0 aromatic heterocycles. The van der Waals surface area contributed by atoms with Gasteiger partial charge in [-0.25, -0.2) is 4.79 Å². The SMILES string of the molecule is COCC(CCCNC(=O)OC(C)(C)C)NCC1CCCCS1. The summed E-state index contributed by atoms with van der Waals surface area (Å²) >= 11 is 2.08. The van der Waals surface area contributed by atoms with Crippen molar-refractivity contribution in [2.45, 2.75) is 69.8 Å². The first-order chi connectivity index (χ1) is 10.9. The predicted molar refractivity (Wildman–Crippen MR) is 97.2 cm³/mol. The number of methoxy groups -OCH3 is 1. The van der Waals surface area contributed by atoms with Gasteiger partial charge in [0.2, 0.25) is 0 Å². The molecule has 1 amide bonds. The molecule has 1 aliphatic heterocycles. The van der Waals surface area contributed by atoms with Crippen molar-refractivity contribution < 1.29 is 14.3 Å². The Morgan fingerprint density at radius 2 is 2.13 bits per heavy atom. The fourth-order valence-corrected chi connectivity index (χ4v) is 3.82. The number of nitrogens with one attached hydrogen (secondary N) is 2. The third-order valence-corrected chi connectivity index (χ3v) is 5.07. The number of carbonyl (C=O) groups is 1. The molecule has 0 bridgehead atoms. The maximum absolute atomic E-state index is 11.6. The second kappa shape index (κ2) is 11.2. The van der Waals surface area contributed by atoms with Crippen molar-refractivity contribution in [3.05, 3.63) is 0 Å². The summed E-state index contributed by atoms with van der Waals surface area (Å²) in [6.07, 6.45) is 5.59. The van der Waals surface area contributed by atoms with Crippen molar-refractivity contribution in [2.75, 3.05) is 32.6 Å². The molecule has 0 radical (unpaired) electrons. The van der Waals surface area contributed by atoms with Gasteiger partial charge in [-0.15, -0.1) is 0 Å². The standard InChI is InChI=1S/C17H34N2O3S/c1-17(2,3)22-16(20)18-10-7-8-14(13-21-4)19-12-15-9-5-6-11-23-15/h14-15,19H,5-13H2,1-4H3,(H,18,20). The Morgan fingerprint density at radius 3 is 2.74 bits per heavy atom. The molecule has 6 heteroatoms. The third kappa shape index (κ3) is 10.8. The monoisotopic (exact) mass is 346 g/mol. The molecule has 0 aromatic carbocycles. The molecule has 0 aromatic rings. The smallest absolute Gasteiger partial charge is 0.407 e. The number of rotatable bonds is 9. The molecule has 0 saturated carbocycles. The van der Waals surface area contributed by atoms with E-state index >= 15 is 0 Å². The quantitative estimate of drug-likeness (QED) is 0.628. The topological polar surface area (TPSA) is 59.6 Å². The van der Waals surface area contributed by atoms with E-state index in [0.717, 1.165) is 24.6 Å². The molecular weight excluding hydrogens is 312 g/mol. The second-order valence-electron chi connectivity index (χ2n) is 7.12. The van der Waals surface area contributed by atoms with Crippen LogP contribution in [0.5, 0.6) is 0 Å². The lowest BCUT2D eigenvalue weighted by atomic mass is 10.1. The lowest BCUT2D eigenvalue weighted by Crippen LogP contribution is -2.39. The molecule has 0 aliphatic carbocycles. The van der Waals surface area contributed by atoms with Crippen LogP contribution < -0.4 is 10.6 Å². The first kappa shape index (κ1) is 20.6. The molecule has 1 rings (SSSR count). The second-order valence-corrected chi connectivity index (χ2v) is 8.53. The fraction of sp³-hybridized carbons (Fsp3) is 0.941. The molecule has 23 heavy (non-hydrogen) atoms. The summed E-state index contributed by atoms with van der Waals surface area (Å²) in [6, 6.07) is 0.350. The van der Waals surface area contributed by atoms with Crippen LogP contribution in [0, 0.1) is 0 Å². The minimum Gasteiger partial charge on any atom is -0.444 e. The van der Waals surface area contributed by atoms with E-state index < -0.39 is 5.60 Å². The Kier molecular flexibility index (Phi) is 9.99. The molecule has 0 spiro atoms. The van der Waals surface area contributed by atoms with E-state index in [0.29, 0.717) is 19.2 Å². The van der Waals surface area contributed by atoms with Crippen LogP contribution in [0.3, 0.4) is 0 Å². The van der Waals surface area contributed by atoms with Crippen LogP contribution in [0.1, 0.15) is 52.9 Å². The van der Waals surface area contributed by atoms with Gasteiger partial charge in [0.1, 0.15) is 5.60 Å². The first-order valence-electron chi connectivity index (χ1n) is 8.71. The lowest BCUT2D eigenvalue weighted by molar-refractivity contribution is 0.0526. The molecule has 2 N–H and O–H groups in total. The van der Waals surface area contributed by atoms with Gasteiger partial charge in [0.25, 0.3) is 0 Å². The van der Waals surface area contributed by atoms with E-state index in [-0.39, 0.29) is 6.09 Å². The number of hydrogen-bond donors (Lipinski definition) is 2. The number of amides is 1. The van der Waals surface area contributed by atoms with E-state index in [1.165, 1.54) is 25.0 Å². The summed E-state index contributed by atoms with van der Waals surface area (Å²) in [5.41, 5.74) is -0.443. The maximum Gasteiger partial charge on any atom is 0.407 e. The lowest BCUT2D eigenvalue weighted by Gasteiger charge is -2.25. The molecule has 2 unspecified atom stereocenters. The Morgan fingerprint density at radius 1 is 1.35 bits per heavy atom. The zero-order valence-electron chi connectivity index (χ0n) is 15.2. The molecule has 1 fully saturated rings. The van der Waals surface area contributed by atoms with E-state index in [1.807, 2.05) is 20.8 Å². The Balaban J connectivity index is 2.15. The average molecular weight is 347 g/mol. The number of thioether (sulfide) groups is 1. The number of ether oxygens (including phenoxy) is 2. The van der Waals surface area contributed by atoms with Crippen molar-refractivity contribution in [2.24, 2.45) is 0 Å². The van der Waals surface area contributed by atoms with Crippen LogP contribution in [-0.2, 0) is 9.47 Å². The van der Waals surface area contributed by atoms with Gasteiger partial charge in [-0.2, -0.15) is 11.8 Å². The summed E-state index contributed by atoms with van der Waals surface area (Å²) in [5.74, 6) is 1.29. The third-order valence-electron chi connectivity index (χ3n) is 3.67.